The number of pyridine rings is 1. The molecule has 1 N–H and O–H groups in total. The molecule has 142 valence electrons. The molecule has 1 aliphatic rings. The third-order valence-corrected chi connectivity index (χ3v) is 5.82. The van der Waals surface area contributed by atoms with E-state index in [4.69, 9.17) is 16.6 Å². The molecule has 3 aromatic rings. The minimum Gasteiger partial charge on any atom is -0.355 e. The molecule has 1 saturated heterocycles. The molecular weight excluding hydrogens is 386 g/mol. The Bertz CT molecular complexity index is 1110. The topological polar surface area (TPSA) is 80.1 Å². The predicted octanol–water partition coefficient (Wildman–Crippen LogP) is 2.42. The van der Waals surface area contributed by atoms with E-state index in [9.17, 15) is 8.42 Å². The van der Waals surface area contributed by atoms with Gasteiger partial charge in [0.1, 0.15) is 11.6 Å². The van der Waals surface area contributed by atoms with Crippen molar-refractivity contribution in [2.75, 3.05) is 24.2 Å². The maximum absolute atomic E-state index is 11.5. The summed E-state index contributed by atoms with van der Waals surface area (Å²) < 4.78 is 27.6. The Labute approximate surface area is 163 Å². The van der Waals surface area contributed by atoms with Crippen LogP contribution in [-0.4, -0.2) is 48.3 Å². The van der Waals surface area contributed by atoms with E-state index in [1.807, 2.05) is 41.9 Å². The normalized spacial score (nSPS) is 17.7. The van der Waals surface area contributed by atoms with Crippen LogP contribution in [0.2, 0.25) is 5.02 Å². The Morgan fingerprint density at radius 3 is 2.81 bits per heavy atom. The molecule has 9 heteroatoms. The second-order valence-electron chi connectivity index (χ2n) is 6.83. The van der Waals surface area contributed by atoms with Crippen molar-refractivity contribution in [3.05, 3.63) is 41.6 Å². The van der Waals surface area contributed by atoms with Crippen molar-refractivity contribution in [2.45, 2.75) is 12.5 Å². The average Bonchev–Trinajstić information content (AvgIpc) is 3.19. The van der Waals surface area contributed by atoms with Gasteiger partial charge in [-0.1, -0.05) is 23.7 Å². The number of nitrogens with one attached hydrogen (secondary N) is 1. The summed E-state index contributed by atoms with van der Waals surface area (Å²) in [6.45, 7) is 1.30. The first-order valence-corrected chi connectivity index (χ1v) is 10.9. The Morgan fingerprint density at radius 2 is 2.07 bits per heavy atom. The lowest BCUT2D eigenvalue weighted by Crippen LogP contribution is -2.36. The zero-order valence-electron chi connectivity index (χ0n) is 15.1. The molecule has 3 heterocycles. The second-order valence-corrected chi connectivity index (χ2v) is 9.01. The van der Waals surface area contributed by atoms with Crippen LogP contribution in [0.3, 0.4) is 0 Å². The Kier molecular flexibility index (Phi) is 4.57. The standard InChI is InChI=1S/C18H20ClN5O2S/c1-23-16-6-4-3-5-15(16)21-18(23)13-9-17(20-10-14(13)19)24-8-7-12(11-24)22-27(2,25)26/h3-6,9-10,12,22H,7-8,11H2,1-2H3. The molecular formula is C18H20ClN5O2S. The van der Waals surface area contributed by atoms with Crippen molar-refractivity contribution in [2.24, 2.45) is 7.05 Å². The van der Waals surface area contributed by atoms with Gasteiger partial charge in [0, 0.05) is 37.9 Å². The van der Waals surface area contributed by atoms with E-state index >= 15 is 0 Å². The fraction of sp³-hybridized carbons (Fsp3) is 0.333. The van der Waals surface area contributed by atoms with Gasteiger partial charge in [-0.2, -0.15) is 0 Å². The van der Waals surface area contributed by atoms with Crippen LogP contribution < -0.4 is 9.62 Å². The molecule has 1 atom stereocenters. The molecule has 27 heavy (non-hydrogen) atoms. The number of fused-ring (bicyclic) bond motifs is 1. The first-order valence-electron chi connectivity index (χ1n) is 8.61. The molecule has 0 aliphatic carbocycles. The van der Waals surface area contributed by atoms with E-state index in [0.717, 1.165) is 41.2 Å². The number of imidazole rings is 1. The quantitative estimate of drug-likeness (QED) is 0.721. The zero-order chi connectivity index (χ0) is 19.2. The van der Waals surface area contributed by atoms with Crippen LogP contribution in [0.25, 0.3) is 22.4 Å². The number of halogens is 1. The van der Waals surface area contributed by atoms with Gasteiger partial charge < -0.3 is 9.47 Å². The SMILES string of the molecule is Cn1c(-c2cc(N3CCC(NS(C)(=O)=O)C3)ncc2Cl)nc2ccccc21. The van der Waals surface area contributed by atoms with Crippen LogP contribution in [0, 0.1) is 0 Å². The molecule has 0 amide bonds. The molecule has 0 radical (unpaired) electrons. The molecule has 0 bridgehead atoms. The van der Waals surface area contributed by atoms with Gasteiger partial charge in [0.2, 0.25) is 10.0 Å². The second kappa shape index (κ2) is 6.78. The van der Waals surface area contributed by atoms with E-state index in [0.29, 0.717) is 11.6 Å². The fourth-order valence-electron chi connectivity index (χ4n) is 3.53. The first-order chi connectivity index (χ1) is 12.8. The molecule has 4 rings (SSSR count). The third kappa shape index (κ3) is 3.65. The number of aryl methyl sites for hydroxylation is 1. The summed E-state index contributed by atoms with van der Waals surface area (Å²) >= 11 is 6.43. The fourth-order valence-corrected chi connectivity index (χ4v) is 4.51. The van der Waals surface area contributed by atoms with Gasteiger partial charge in [-0.15, -0.1) is 0 Å². The highest BCUT2D eigenvalue weighted by atomic mass is 35.5. The number of hydrogen-bond acceptors (Lipinski definition) is 5. The minimum absolute atomic E-state index is 0.114. The molecule has 1 fully saturated rings. The number of nitrogens with zero attached hydrogens (tertiary/aromatic N) is 4. The smallest absolute Gasteiger partial charge is 0.209 e. The number of benzene rings is 1. The Hall–Kier alpha value is -2.16. The highest BCUT2D eigenvalue weighted by molar-refractivity contribution is 7.88. The lowest BCUT2D eigenvalue weighted by molar-refractivity contribution is 0.567. The highest BCUT2D eigenvalue weighted by Crippen LogP contribution is 2.32. The maximum atomic E-state index is 11.5. The molecule has 1 aliphatic heterocycles. The van der Waals surface area contributed by atoms with Crippen LogP contribution in [0.4, 0.5) is 5.82 Å². The lowest BCUT2D eigenvalue weighted by Gasteiger charge is -2.19. The van der Waals surface area contributed by atoms with Gasteiger partial charge in [-0.05, 0) is 24.6 Å². The maximum Gasteiger partial charge on any atom is 0.209 e. The van der Waals surface area contributed by atoms with Gasteiger partial charge in [0.15, 0.2) is 0 Å². The number of para-hydroxylation sites is 2. The summed E-state index contributed by atoms with van der Waals surface area (Å²) in [5, 5.41) is 0.530. The summed E-state index contributed by atoms with van der Waals surface area (Å²) in [5.74, 6) is 1.54. The Morgan fingerprint density at radius 1 is 1.30 bits per heavy atom. The zero-order valence-corrected chi connectivity index (χ0v) is 16.6. The van der Waals surface area contributed by atoms with E-state index in [1.165, 1.54) is 6.26 Å². The molecule has 0 saturated carbocycles. The highest BCUT2D eigenvalue weighted by Gasteiger charge is 2.26. The monoisotopic (exact) mass is 405 g/mol. The summed E-state index contributed by atoms with van der Waals surface area (Å²) in [5.41, 5.74) is 2.74. The summed E-state index contributed by atoms with van der Waals surface area (Å²) in [6, 6.07) is 9.73. The third-order valence-electron chi connectivity index (χ3n) is 4.76. The summed E-state index contributed by atoms with van der Waals surface area (Å²) in [7, 11) is -1.26. The average molecular weight is 406 g/mol. The van der Waals surface area contributed by atoms with Crippen molar-refractivity contribution in [3.63, 3.8) is 0 Å². The number of hydrogen-bond donors (Lipinski definition) is 1. The van der Waals surface area contributed by atoms with Crippen LogP contribution in [0.15, 0.2) is 36.5 Å². The van der Waals surface area contributed by atoms with Crippen molar-refractivity contribution in [3.8, 4) is 11.4 Å². The molecule has 7 nitrogen and oxygen atoms in total. The van der Waals surface area contributed by atoms with E-state index in [1.54, 1.807) is 6.20 Å². The van der Waals surface area contributed by atoms with E-state index in [2.05, 4.69) is 14.6 Å². The van der Waals surface area contributed by atoms with E-state index in [-0.39, 0.29) is 6.04 Å². The van der Waals surface area contributed by atoms with Crippen LogP contribution >= 0.6 is 11.6 Å². The van der Waals surface area contributed by atoms with E-state index < -0.39 is 10.0 Å². The molecule has 1 unspecified atom stereocenters. The Balaban J connectivity index is 1.67. The van der Waals surface area contributed by atoms with Crippen molar-refractivity contribution < 1.29 is 8.42 Å². The molecule has 1 aromatic carbocycles. The number of anilines is 1. The number of rotatable bonds is 4. The molecule has 0 spiro atoms. The van der Waals surface area contributed by atoms with Gasteiger partial charge in [-0.25, -0.2) is 23.1 Å². The summed E-state index contributed by atoms with van der Waals surface area (Å²) in [4.78, 5) is 11.2. The molecule has 2 aromatic heterocycles. The van der Waals surface area contributed by atoms with Crippen molar-refractivity contribution in [1.29, 1.82) is 0 Å². The van der Waals surface area contributed by atoms with Crippen LogP contribution in [0.1, 0.15) is 6.42 Å². The van der Waals surface area contributed by atoms with Gasteiger partial charge in [0.05, 0.1) is 22.3 Å². The minimum atomic E-state index is -3.22. The van der Waals surface area contributed by atoms with Crippen molar-refractivity contribution >= 4 is 38.5 Å². The van der Waals surface area contributed by atoms with Crippen LogP contribution in [-0.2, 0) is 17.1 Å². The predicted molar refractivity (Wildman–Crippen MR) is 108 cm³/mol. The van der Waals surface area contributed by atoms with Crippen LogP contribution in [0.5, 0.6) is 0 Å². The van der Waals surface area contributed by atoms with Crippen molar-refractivity contribution in [1.82, 2.24) is 19.3 Å². The van der Waals surface area contributed by atoms with Gasteiger partial charge in [-0.3, -0.25) is 0 Å². The number of aromatic nitrogens is 3. The van der Waals surface area contributed by atoms with Gasteiger partial charge in [0.25, 0.3) is 0 Å². The number of sulfonamides is 1. The van der Waals surface area contributed by atoms with Gasteiger partial charge >= 0.3 is 0 Å². The largest absolute Gasteiger partial charge is 0.355 e. The lowest BCUT2D eigenvalue weighted by atomic mass is 10.2. The first kappa shape index (κ1) is 18.2. The summed E-state index contributed by atoms with van der Waals surface area (Å²) in [6.07, 6.45) is 3.54.